The lowest BCUT2D eigenvalue weighted by atomic mass is 9.99. The summed E-state index contributed by atoms with van der Waals surface area (Å²) in [5.41, 5.74) is 4.19. The summed E-state index contributed by atoms with van der Waals surface area (Å²) in [6, 6.07) is 3.77. The van der Waals surface area contributed by atoms with Gasteiger partial charge in [-0.2, -0.15) is 0 Å². The first-order valence-corrected chi connectivity index (χ1v) is 5.81. The van der Waals surface area contributed by atoms with Crippen molar-refractivity contribution in [2.75, 3.05) is 25.1 Å². The van der Waals surface area contributed by atoms with Crippen molar-refractivity contribution in [3.05, 3.63) is 28.8 Å². The Kier molecular flexibility index (Phi) is 3.17. The molecule has 0 spiro atoms. The van der Waals surface area contributed by atoms with Crippen LogP contribution in [-0.2, 0) is 4.79 Å². The highest BCUT2D eigenvalue weighted by molar-refractivity contribution is 6.05. The molecule has 1 unspecified atom stereocenters. The molecular formula is C13H18N2O2. The maximum absolute atomic E-state index is 12.2. The van der Waals surface area contributed by atoms with Gasteiger partial charge in [0, 0.05) is 12.1 Å². The van der Waals surface area contributed by atoms with Crippen molar-refractivity contribution >= 4 is 11.6 Å². The Hall–Kier alpha value is -1.39. The molecule has 0 bridgehead atoms. The number of nitrogens with one attached hydrogen (secondary N) is 1. The van der Waals surface area contributed by atoms with Crippen LogP contribution in [0.15, 0.2) is 12.1 Å². The quantitative estimate of drug-likeness (QED) is 0.817. The Labute approximate surface area is 101 Å². The summed E-state index contributed by atoms with van der Waals surface area (Å²) >= 11 is 0. The standard InChI is InChI=1S/C13H18N2O2/c1-8-4-5-9(2)12-10(8)11(14-3)13(17)15(12)6-7-16/h4-5,11,14,16H,6-7H2,1-3H3. The average Bonchev–Trinajstić information content (AvgIpc) is 2.59. The number of aliphatic hydroxyl groups excluding tert-OH is 1. The molecule has 1 amide bonds. The van der Waals surface area contributed by atoms with E-state index in [1.54, 1.807) is 11.9 Å². The third-order valence-electron chi connectivity index (χ3n) is 3.32. The number of aliphatic hydroxyl groups is 1. The Balaban J connectivity index is 2.60. The van der Waals surface area contributed by atoms with Gasteiger partial charge >= 0.3 is 0 Å². The number of hydrogen-bond acceptors (Lipinski definition) is 3. The van der Waals surface area contributed by atoms with Crippen LogP contribution < -0.4 is 10.2 Å². The number of rotatable bonds is 3. The summed E-state index contributed by atoms with van der Waals surface area (Å²) in [6.45, 7) is 4.34. The van der Waals surface area contributed by atoms with Crippen molar-refractivity contribution in [3.63, 3.8) is 0 Å². The van der Waals surface area contributed by atoms with E-state index >= 15 is 0 Å². The predicted molar refractivity (Wildman–Crippen MR) is 67.2 cm³/mol. The van der Waals surface area contributed by atoms with Gasteiger partial charge in [0.25, 0.3) is 0 Å². The fraction of sp³-hybridized carbons (Fsp3) is 0.462. The molecule has 0 saturated heterocycles. The van der Waals surface area contributed by atoms with Crippen LogP contribution in [-0.4, -0.2) is 31.2 Å². The lowest BCUT2D eigenvalue weighted by Gasteiger charge is -2.18. The maximum Gasteiger partial charge on any atom is 0.248 e. The van der Waals surface area contributed by atoms with Gasteiger partial charge < -0.3 is 15.3 Å². The highest BCUT2D eigenvalue weighted by Crippen LogP contribution is 2.40. The maximum atomic E-state index is 12.2. The van der Waals surface area contributed by atoms with E-state index in [1.807, 2.05) is 26.0 Å². The molecule has 4 heteroatoms. The van der Waals surface area contributed by atoms with Gasteiger partial charge in [-0.25, -0.2) is 0 Å². The molecule has 2 rings (SSSR count). The second-order valence-electron chi connectivity index (χ2n) is 4.40. The zero-order valence-corrected chi connectivity index (χ0v) is 10.4. The third kappa shape index (κ3) is 1.73. The second kappa shape index (κ2) is 4.47. The molecule has 1 aliphatic rings. The number of anilines is 1. The van der Waals surface area contributed by atoms with Crippen LogP contribution in [0.3, 0.4) is 0 Å². The first-order valence-electron chi connectivity index (χ1n) is 5.81. The number of aryl methyl sites for hydroxylation is 2. The molecular weight excluding hydrogens is 216 g/mol. The Morgan fingerprint density at radius 1 is 1.35 bits per heavy atom. The molecule has 1 atom stereocenters. The van der Waals surface area contributed by atoms with Crippen LogP contribution in [0.5, 0.6) is 0 Å². The molecule has 1 aliphatic heterocycles. The lowest BCUT2D eigenvalue weighted by molar-refractivity contribution is -0.120. The smallest absolute Gasteiger partial charge is 0.248 e. The zero-order chi connectivity index (χ0) is 12.6. The van der Waals surface area contributed by atoms with E-state index in [-0.39, 0.29) is 18.6 Å². The summed E-state index contributed by atoms with van der Waals surface area (Å²) in [5, 5.41) is 12.1. The Bertz CT molecular complexity index is 457. The fourth-order valence-electron chi connectivity index (χ4n) is 2.52. The van der Waals surface area contributed by atoms with E-state index in [1.165, 1.54) is 0 Å². The molecule has 92 valence electrons. The van der Waals surface area contributed by atoms with Crippen molar-refractivity contribution in [2.24, 2.45) is 0 Å². The van der Waals surface area contributed by atoms with Crippen molar-refractivity contribution in [3.8, 4) is 0 Å². The van der Waals surface area contributed by atoms with Crippen LogP contribution in [0.1, 0.15) is 22.7 Å². The van der Waals surface area contributed by atoms with Crippen LogP contribution in [0.4, 0.5) is 5.69 Å². The van der Waals surface area contributed by atoms with E-state index < -0.39 is 0 Å². The number of hydrogen-bond donors (Lipinski definition) is 2. The minimum atomic E-state index is -0.281. The first-order chi connectivity index (χ1) is 8.11. The molecule has 1 aromatic carbocycles. The van der Waals surface area contributed by atoms with Crippen molar-refractivity contribution in [1.82, 2.24) is 5.32 Å². The normalized spacial score (nSPS) is 18.7. The summed E-state index contributed by atoms with van der Waals surface area (Å²) in [6.07, 6.45) is 0. The van der Waals surface area contributed by atoms with Gasteiger partial charge in [0.2, 0.25) is 5.91 Å². The van der Waals surface area contributed by atoms with Crippen LogP contribution in [0, 0.1) is 13.8 Å². The minimum absolute atomic E-state index is 0.0189. The largest absolute Gasteiger partial charge is 0.395 e. The van der Waals surface area contributed by atoms with Gasteiger partial charge in [-0.05, 0) is 32.0 Å². The van der Waals surface area contributed by atoms with Gasteiger partial charge in [-0.15, -0.1) is 0 Å². The predicted octanol–water partition coefficient (Wildman–Crippen LogP) is 0.903. The average molecular weight is 234 g/mol. The highest BCUT2D eigenvalue weighted by atomic mass is 16.3. The van der Waals surface area contributed by atoms with Crippen LogP contribution in [0.25, 0.3) is 0 Å². The number of nitrogens with zero attached hydrogens (tertiary/aromatic N) is 1. The summed E-state index contributed by atoms with van der Waals surface area (Å²) < 4.78 is 0. The van der Waals surface area contributed by atoms with Gasteiger partial charge in [0.1, 0.15) is 6.04 Å². The number of carbonyl (C=O) groups is 1. The summed E-state index contributed by atoms with van der Waals surface area (Å²) in [4.78, 5) is 13.9. The van der Waals surface area contributed by atoms with Gasteiger partial charge in [-0.3, -0.25) is 4.79 Å². The number of benzene rings is 1. The molecule has 1 aromatic rings. The Morgan fingerprint density at radius 2 is 2.00 bits per heavy atom. The molecule has 0 aromatic heterocycles. The van der Waals surface area contributed by atoms with E-state index in [2.05, 4.69) is 5.32 Å². The molecule has 0 aliphatic carbocycles. The number of fused-ring (bicyclic) bond motifs is 1. The number of likely N-dealkylation sites (N-methyl/N-ethyl adjacent to an activating group) is 1. The van der Waals surface area contributed by atoms with Gasteiger partial charge in [0.05, 0.1) is 12.3 Å². The van der Waals surface area contributed by atoms with Crippen molar-refractivity contribution in [1.29, 1.82) is 0 Å². The van der Waals surface area contributed by atoms with E-state index in [4.69, 9.17) is 5.11 Å². The van der Waals surface area contributed by atoms with Crippen molar-refractivity contribution in [2.45, 2.75) is 19.9 Å². The SMILES string of the molecule is CNC1C(=O)N(CCO)c2c(C)ccc(C)c21. The summed E-state index contributed by atoms with van der Waals surface area (Å²) in [5.74, 6) is 0.0222. The highest BCUT2D eigenvalue weighted by Gasteiger charge is 2.37. The second-order valence-corrected chi connectivity index (χ2v) is 4.40. The summed E-state index contributed by atoms with van der Waals surface area (Å²) in [7, 11) is 1.79. The van der Waals surface area contributed by atoms with Crippen molar-refractivity contribution < 1.29 is 9.90 Å². The molecule has 0 radical (unpaired) electrons. The molecule has 1 heterocycles. The molecule has 17 heavy (non-hydrogen) atoms. The fourth-order valence-corrected chi connectivity index (χ4v) is 2.52. The Morgan fingerprint density at radius 3 is 2.59 bits per heavy atom. The minimum Gasteiger partial charge on any atom is -0.395 e. The monoisotopic (exact) mass is 234 g/mol. The van der Waals surface area contributed by atoms with Gasteiger partial charge in [-0.1, -0.05) is 12.1 Å². The number of amides is 1. The molecule has 4 nitrogen and oxygen atoms in total. The van der Waals surface area contributed by atoms with Gasteiger partial charge in [0.15, 0.2) is 0 Å². The molecule has 2 N–H and O–H groups in total. The zero-order valence-electron chi connectivity index (χ0n) is 10.4. The van der Waals surface area contributed by atoms with Crippen LogP contribution >= 0.6 is 0 Å². The number of carbonyl (C=O) groups excluding carboxylic acids is 1. The van der Waals surface area contributed by atoms with E-state index in [9.17, 15) is 4.79 Å². The molecule has 0 fully saturated rings. The number of β-amino-alcohol motifs (C(OH)–C–C–N with tert-alkyl or cyclic N) is 1. The van der Waals surface area contributed by atoms with E-state index in [0.29, 0.717) is 6.54 Å². The molecule has 0 saturated carbocycles. The first kappa shape index (κ1) is 12.1. The lowest BCUT2D eigenvalue weighted by Crippen LogP contribution is -2.35. The third-order valence-corrected chi connectivity index (χ3v) is 3.32. The topological polar surface area (TPSA) is 52.6 Å². The van der Waals surface area contributed by atoms with E-state index in [0.717, 1.165) is 22.4 Å². The van der Waals surface area contributed by atoms with Crippen LogP contribution in [0.2, 0.25) is 0 Å².